The number of carbonyl (C=O) groups is 3. The van der Waals surface area contributed by atoms with Crippen molar-refractivity contribution in [1.29, 1.82) is 0 Å². The first-order valence-corrected chi connectivity index (χ1v) is 7.95. The van der Waals surface area contributed by atoms with Gasteiger partial charge in [0.1, 0.15) is 5.57 Å². The third kappa shape index (κ3) is 3.74. The molecule has 2 aromatic carbocycles. The molecule has 3 rings (SSSR count). The summed E-state index contributed by atoms with van der Waals surface area (Å²) in [4.78, 5) is 35.8. The Bertz CT molecular complexity index is 923. The molecule has 0 saturated carbocycles. The second kappa shape index (κ2) is 7.61. The number of nitrogens with zero attached hydrogens (tertiary/aromatic N) is 1. The van der Waals surface area contributed by atoms with Crippen molar-refractivity contribution in [2.45, 2.75) is 0 Å². The van der Waals surface area contributed by atoms with Crippen molar-refractivity contribution in [3.05, 3.63) is 59.7 Å². The van der Waals surface area contributed by atoms with E-state index in [1.807, 2.05) is 0 Å². The maximum Gasteiger partial charge on any atom is 0.341 e. The van der Waals surface area contributed by atoms with Crippen LogP contribution < -0.4 is 19.9 Å². The van der Waals surface area contributed by atoms with E-state index in [1.165, 1.54) is 13.2 Å². The van der Waals surface area contributed by atoms with Crippen LogP contribution in [-0.4, -0.2) is 36.6 Å². The van der Waals surface area contributed by atoms with Crippen LogP contribution in [0.4, 0.5) is 5.69 Å². The van der Waals surface area contributed by atoms with Crippen LogP contribution >= 0.6 is 0 Å². The van der Waals surface area contributed by atoms with Gasteiger partial charge in [-0.3, -0.25) is 15.0 Å². The van der Waals surface area contributed by atoms with E-state index in [9.17, 15) is 14.4 Å². The quantitative estimate of drug-likeness (QED) is 0.593. The minimum Gasteiger partial charge on any atom is -0.493 e. The Morgan fingerprint density at radius 3 is 2.56 bits per heavy atom. The van der Waals surface area contributed by atoms with Crippen molar-refractivity contribution in [2.24, 2.45) is 0 Å². The van der Waals surface area contributed by atoms with Gasteiger partial charge in [0.2, 0.25) is 0 Å². The first kappa shape index (κ1) is 18.0. The normalized spacial score (nSPS) is 15.0. The molecule has 2 N–H and O–H groups in total. The lowest BCUT2D eigenvalue weighted by atomic mass is 10.1. The molecule has 0 atom stereocenters. The highest BCUT2D eigenvalue weighted by molar-refractivity contribution is 6.31. The number of carboxylic acids is 1. The van der Waals surface area contributed by atoms with Crippen molar-refractivity contribution in [2.75, 3.05) is 18.7 Å². The number of benzene rings is 2. The molecule has 8 heteroatoms. The largest absolute Gasteiger partial charge is 0.493 e. The number of para-hydroxylation sites is 2. The summed E-state index contributed by atoms with van der Waals surface area (Å²) in [6.07, 6.45) is 1.35. The molecule has 0 aromatic heterocycles. The number of hydrazine groups is 1. The van der Waals surface area contributed by atoms with Crippen LogP contribution in [0, 0.1) is 0 Å². The second-order valence-electron chi connectivity index (χ2n) is 5.54. The summed E-state index contributed by atoms with van der Waals surface area (Å²) in [5.41, 5.74) is 3.27. The second-order valence-corrected chi connectivity index (χ2v) is 5.54. The minimum atomic E-state index is -1.16. The molecule has 8 nitrogen and oxygen atoms in total. The fourth-order valence-corrected chi connectivity index (χ4v) is 2.57. The summed E-state index contributed by atoms with van der Waals surface area (Å²) < 4.78 is 10.5. The molecule has 1 fully saturated rings. The van der Waals surface area contributed by atoms with Gasteiger partial charge in [-0.05, 0) is 24.3 Å². The van der Waals surface area contributed by atoms with Crippen molar-refractivity contribution in [3.63, 3.8) is 0 Å². The number of carbonyl (C=O) groups excluding carboxylic acids is 2. The number of carboxylic acid groups (broad SMARTS) is 1. The fraction of sp³-hybridized carbons (Fsp3) is 0.105. The van der Waals surface area contributed by atoms with Crippen LogP contribution in [0.1, 0.15) is 5.56 Å². The van der Waals surface area contributed by atoms with Gasteiger partial charge in [-0.25, -0.2) is 9.80 Å². The molecule has 138 valence electrons. The third-order valence-corrected chi connectivity index (χ3v) is 3.77. The highest BCUT2D eigenvalue weighted by atomic mass is 16.5. The lowest BCUT2D eigenvalue weighted by Gasteiger charge is -2.14. The van der Waals surface area contributed by atoms with Gasteiger partial charge >= 0.3 is 5.97 Å². The summed E-state index contributed by atoms with van der Waals surface area (Å²) >= 11 is 0. The topological polar surface area (TPSA) is 105 Å². The molecular weight excluding hydrogens is 352 g/mol. The number of methoxy groups -OCH3 is 1. The number of anilines is 1. The van der Waals surface area contributed by atoms with Crippen LogP contribution in [0.15, 0.2) is 54.1 Å². The van der Waals surface area contributed by atoms with Crippen LogP contribution in [0.5, 0.6) is 11.5 Å². The van der Waals surface area contributed by atoms with Gasteiger partial charge in [0, 0.05) is 5.56 Å². The van der Waals surface area contributed by atoms with Crippen LogP contribution in [-0.2, 0) is 14.4 Å². The molecule has 1 saturated heterocycles. The van der Waals surface area contributed by atoms with Gasteiger partial charge in [0.25, 0.3) is 11.8 Å². The van der Waals surface area contributed by atoms with Gasteiger partial charge in [0.15, 0.2) is 18.1 Å². The highest BCUT2D eigenvalue weighted by Crippen LogP contribution is 2.33. The molecule has 2 aromatic rings. The Balaban J connectivity index is 1.97. The van der Waals surface area contributed by atoms with Crippen LogP contribution in [0.2, 0.25) is 0 Å². The van der Waals surface area contributed by atoms with Gasteiger partial charge in [-0.2, -0.15) is 0 Å². The third-order valence-electron chi connectivity index (χ3n) is 3.77. The number of hydrogen-bond acceptors (Lipinski definition) is 5. The van der Waals surface area contributed by atoms with E-state index in [0.717, 1.165) is 5.01 Å². The number of amides is 2. The Morgan fingerprint density at radius 2 is 1.89 bits per heavy atom. The molecule has 0 radical (unpaired) electrons. The number of rotatable bonds is 6. The zero-order chi connectivity index (χ0) is 19.4. The van der Waals surface area contributed by atoms with Gasteiger partial charge < -0.3 is 14.6 Å². The number of aliphatic carboxylic acids is 1. The molecule has 2 amide bonds. The van der Waals surface area contributed by atoms with Crippen molar-refractivity contribution >= 4 is 29.5 Å². The summed E-state index contributed by atoms with van der Waals surface area (Å²) in [7, 11) is 1.41. The SMILES string of the molecule is COc1cccc(/C=C2\C(=O)NN(c3ccccc3)C2=O)c1OCC(=O)O. The maximum absolute atomic E-state index is 12.7. The van der Waals surface area contributed by atoms with E-state index in [2.05, 4.69) is 5.43 Å². The Hall–Kier alpha value is -3.81. The first-order chi connectivity index (χ1) is 13.0. The van der Waals surface area contributed by atoms with E-state index in [-0.39, 0.29) is 17.1 Å². The minimum absolute atomic E-state index is 0.104. The van der Waals surface area contributed by atoms with Crippen LogP contribution in [0.25, 0.3) is 6.08 Å². The fourth-order valence-electron chi connectivity index (χ4n) is 2.57. The van der Waals surface area contributed by atoms with Crippen LogP contribution in [0.3, 0.4) is 0 Å². The zero-order valence-electron chi connectivity index (χ0n) is 14.3. The lowest BCUT2D eigenvalue weighted by Crippen LogP contribution is -2.35. The standard InChI is InChI=1S/C19H16N2O6/c1-26-15-9-5-6-12(17(15)27-11-16(22)23)10-14-18(24)20-21(19(14)25)13-7-3-2-4-8-13/h2-10H,11H2,1H3,(H,20,24)(H,22,23)/b14-10+. The average molecular weight is 368 g/mol. The maximum atomic E-state index is 12.7. The summed E-state index contributed by atoms with van der Waals surface area (Å²) in [6, 6.07) is 13.5. The predicted octanol–water partition coefficient (Wildman–Crippen LogP) is 1.62. The van der Waals surface area contributed by atoms with E-state index >= 15 is 0 Å². The highest BCUT2D eigenvalue weighted by Gasteiger charge is 2.34. The first-order valence-electron chi connectivity index (χ1n) is 7.95. The lowest BCUT2D eigenvalue weighted by molar-refractivity contribution is -0.139. The molecule has 1 aliphatic rings. The number of ether oxygens (including phenoxy) is 2. The molecule has 0 bridgehead atoms. The van der Waals surface area contributed by atoms with Crippen molar-refractivity contribution in [1.82, 2.24) is 5.43 Å². The van der Waals surface area contributed by atoms with E-state index in [1.54, 1.807) is 48.5 Å². The van der Waals surface area contributed by atoms with E-state index < -0.39 is 24.4 Å². The average Bonchev–Trinajstić information content (AvgIpc) is 2.95. The van der Waals surface area contributed by atoms with Crippen molar-refractivity contribution in [3.8, 4) is 11.5 Å². The number of nitrogens with one attached hydrogen (secondary N) is 1. The predicted molar refractivity (Wildman–Crippen MR) is 96.2 cm³/mol. The zero-order valence-corrected chi connectivity index (χ0v) is 14.3. The Labute approximate surface area is 154 Å². The van der Waals surface area contributed by atoms with Gasteiger partial charge in [0.05, 0.1) is 12.8 Å². The summed E-state index contributed by atoms with van der Waals surface area (Å²) in [5.74, 6) is -1.84. The van der Waals surface area contributed by atoms with Gasteiger partial charge in [-0.15, -0.1) is 0 Å². The van der Waals surface area contributed by atoms with Gasteiger partial charge in [-0.1, -0.05) is 30.3 Å². The monoisotopic (exact) mass is 368 g/mol. The molecule has 0 spiro atoms. The van der Waals surface area contributed by atoms with Crippen molar-refractivity contribution < 1.29 is 29.0 Å². The molecule has 0 unspecified atom stereocenters. The Kier molecular flexibility index (Phi) is 5.07. The molecular formula is C19H16N2O6. The number of hydrogen-bond donors (Lipinski definition) is 2. The Morgan fingerprint density at radius 1 is 1.15 bits per heavy atom. The van der Waals surface area contributed by atoms with E-state index in [0.29, 0.717) is 11.3 Å². The summed E-state index contributed by atoms with van der Waals surface area (Å²) in [6.45, 7) is -0.590. The molecule has 1 aliphatic heterocycles. The molecule has 27 heavy (non-hydrogen) atoms. The smallest absolute Gasteiger partial charge is 0.341 e. The van der Waals surface area contributed by atoms with E-state index in [4.69, 9.17) is 14.6 Å². The molecule has 1 heterocycles. The molecule has 0 aliphatic carbocycles. The summed E-state index contributed by atoms with van der Waals surface area (Å²) in [5, 5.41) is 10.00.